The first-order valence-corrected chi connectivity index (χ1v) is 11.4. The lowest BCUT2D eigenvalue weighted by molar-refractivity contribution is -0.119. The van der Waals surface area contributed by atoms with Crippen LogP contribution in [0.2, 0.25) is 0 Å². The molecule has 4 rings (SSSR count). The number of amides is 2. The van der Waals surface area contributed by atoms with Crippen LogP contribution in [0.4, 0.5) is 5.00 Å². The molecule has 0 radical (unpaired) electrons. The molecule has 0 fully saturated rings. The zero-order valence-corrected chi connectivity index (χ0v) is 18.4. The van der Waals surface area contributed by atoms with Crippen molar-refractivity contribution in [2.24, 2.45) is 5.73 Å². The number of thiophene rings is 1. The number of nitrogens with zero attached hydrogens (tertiary/aromatic N) is 2. The number of esters is 1. The van der Waals surface area contributed by atoms with Gasteiger partial charge in [-0.3, -0.25) is 14.6 Å². The van der Waals surface area contributed by atoms with Gasteiger partial charge >= 0.3 is 5.97 Å². The molecule has 0 unspecified atom stereocenters. The molecular formula is C21H20N4O4S2. The predicted molar refractivity (Wildman–Crippen MR) is 118 cm³/mol. The van der Waals surface area contributed by atoms with Crippen LogP contribution >= 0.6 is 22.7 Å². The standard InChI is InChI=1S/C21H20N4O4S2/c1-11-17(31-19(24-11)13-7-4-5-9-23-13)21(28)29-10-15(26)25-20-16(18(22)27)12-6-2-3-8-14(12)30-20/h4-5,7,9H,2-3,6,8,10H2,1H3,(H2,22,27)(H,25,26). The predicted octanol–water partition coefficient (Wildman–Crippen LogP) is 3.35. The van der Waals surface area contributed by atoms with Crippen molar-refractivity contribution in [3.8, 4) is 10.7 Å². The Morgan fingerprint density at radius 2 is 2.00 bits per heavy atom. The van der Waals surface area contributed by atoms with Gasteiger partial charge in [-0.2, -0.15) is 0 Å². The van der Waals surface area contributed by atoms with Crippen molar-refractivity contribution >= 4 is 45.5 Å². The summed E-state index contributed by atoms with van der Waals surface area (Å²) in [4.78, 5) is 46.8. The number of carbonyl (C=O) groups excluding carboxylic acids is 3. The molecule has 0 bridgehead atoms. The minimum absolute atomic E-state index is 0.317. The van der Waals surface area contributed by atoms with Gasteiger partial charge in [0.15, 0.2) is 6.61 Å². The van der Waals surface area contributed by atoms with Gasteiger partial charge in [-0.1, -0.05) is 6.07 Å². The molecule has 1 aliphatic rings. The molecule has 0 saturated heterocycles. The van der Waals surface area contributed by atoms with E-state index >= 15 is 0 Å². The quantitative estimate of drug-likeness (QED) is 0.548. The van der Waals surface area contributed by atoms with Crippen LogP contribution < -0.4 is 11.1 Å². The van der Waals surface area contributed by atoms with Crippen molar-refractivity contribution in [1.82, 2.24) is 9.97 Å². The van der Waals surface area contributed by atoms with Gasteiger partial charge < -0.3 is 15.8 Å². The molecule has 2 amide bonds. The molecular weight excluding hydrogens is 436 g/mol. The second-order valence-electron chi connectivity index (χ2n) is 7.05. The molecule has 0 atom stereocenters. The van der Waals surface area contributed by atoms with E-state index in [9.17, 15) is 14.4 Å². The molecule has 8 nitrogen and oxygen atoms in total. The van der Waals surface area contributed by atoms with Gasteiger partial charge in [0.2, 0.25) is 0 Å². The van der Waals surface area contributed by atoms with Crippen molar-refractivity contribution in [2.75, 3.05) is 11.9 Å². The highest BCUT2D eigenvalue weighted by Gasteiger charge is 2.25. The number of fused-ring (bicyclic) bond motifs is 1. The Morgan fingerprint density at radius 3 is 2.74 bits per heavy atom. The smallest absolute Gasteiger partial charge is 0.350 e. The second kappa shape index (κ2) is 8.94. The minimum Gasteiger partial charge on any atom is -0.451 e. The van der Waals surface area contributed by atoms with Crippen molar-refractivity contribution in [3.63, 3.8) is 0 Å². The van der Waals surface area contributed by atoms with Gasteiger partial charge in [0.1, 0.15) is 14.9 Å². The number of nitrogens with two attached hydrogens (primary N) is 1. The van der Waals surface area contributed by atoms with Gasteiger partial charge in [0.25, 0.3) is 11.8 Å². The Bertz CT molecular complexity index is 1150. The number of hydrogen-bond acceptors (Lipinski definition) is 8. The Hall–Kier alpha value is -3.11. The number of primary amides is 1. The third-order valence-electron chi connectivity index (χ3n) is 4.87. The minimum atomic E-state index is -0.632. The fourth-order valence-electron chi connectivity index (χ4n) is 3.46. The summed E-state index contributed by atoms with van der Waals surface area (Å²) >= 11 is 2.53. The zero-order valence-electron chi connectivity index (χ0n) is 16.8. The van der Waals surface area contributed by atoms with Crippen molar-refractivity contribution in [3.05, 3.63) is 51.0 Å². The van der Waals surface area contributed by atoms with Crippen molar-refractivity contribution in [1.29, 1.82) is 0 Å². The highest BCUT2D eigenvalue weighted by Crippen LogP contribution is 2.37. The van der Waals surface area contributed by atoms with Crippen LogP contribution in [0, 0.1) is 6.92 Å². The van der Waals surface area contributed by atoms with Gasteiger partial charge in [-0.05, 0) is 50.3 Å². The molecule has 10 heteroatoms. The number of aryl methyl sites for hydroxylation is 2. The van der Waals surface area contributed by atoms with Crippen molar-refractivity contribution < 1.29 is 19.1 Å². The Kier molecular flexibility index (Phi) is 6.10. The average molecular weight is 457 g/mol. The van der Waals surface area contributed by atoms with E-state index in [2.05, 4.69) is 15.3 Å². The van der Waals surface area contributed by atoms with E-state index in [0.717, 1.165) is 47.5 Å². The van der Waals surface area contributed by atoms with E-state index in [1.165, 1.54) is 11.3 Å². The molecule has 31 heavy (non-hydrogen) atoms. The van der Waals surface area contributed by atoms with Crippen LogP contribution in [-0.2, 0) is 22.4 Å². The number of ether oxygens (including phenoxy) is 1. The van der Waals surface area contributed by atoms with E-state index in [1.54, 1.807) is 25.3 Å². The number of carbonyl (C=O) groups is 3. The lowest BCUT2D eigenvalue weighted by Crippen LogP contribution is -2.22. The fraction of sp³-hybridized carbons (Fsp3) is 0.286. The molecule has 3 aromatic heterocycles. The van der Waals surface area contributed by atoms with Gasteiger partial charge in [0, 0.05) is 11.1 Å². The topological polar surface area (TPSA) is 124 Å². The van der Waals surface area contributed by atoms with Gasteiger partial charge in [0.05, 0.1) is 17.0 Å². The zero-order chi connectivity index (χ0) is 22.0. The summed E-state index contributed by atoms with van der Waals surface area (Å²) in [6, 6.07) is 5.44. The monoisotopic (exact) mass is 456 g/mol. The number of nitrogens with one attached hydrogen (secondary N) is 1. The van der Waals surface area contributed by atoms with Crippen LogP contribution in [-0.4, -0.2) is 34.4 Å². The Balaban J connectivity index is 1.42. The number of thiazole rings is 1. The first kappa shape index (κ1) is 21.1. The number of anilines is 1. The molecule has 160 valence electrons. The second-order valence-corrected chi connectivity index (χ2v) is 9.16. The SMILES string of the molecule is Cc1nc(-c2ccccn2)sc1C(=O)OCC(=O)Nc1sc2c(c1C(N)=O)CCCC2. The average Bonchev–Trinajstić information content (AvgIpc) is 3.33. The first-order valence-electron chi connectivity index (χ1n) is 9.74. The lowest BCUT2D eigenvalue weighted by atomic mass is 9.95. The molecule has 1 aliphatic carbocycles. The maximum absolute atomic E-state index is 12.5. The van der Waals surface area contributed by atoms with E-state index < -0.39 is 24.4 Å². The summed E-state index contributed by atoms with van der Waals surface area (Å²) in [5, 5.41) is 3.71. The summed E-state index contributed by atoms with van der Waals surface area (Å²) < 4.78 is 5.18. The van der Waals surface area contributed by atoms with Crippen LogP contribution in [0.25, 0.3) is 10.7 Å². The third-order valence-corrected chi connectivity index (χ3v) is 7.24. The molecule has 0 spiro atoms. The van der Waals surface area contributed by atoms with Gasteiger partial charge in [-0.15, -0.1) is 22.7 Å². The van der Waals surface area contributed by atoms with Crippen LogP contribution in [0.3, 0.4) is 0 Å². The molecule has 3 aromatic rings. The van der Waals surface area contributed by atoms with E-state index in [-0.39, 0.29) is 0 Å². The fourth-order valence-corrected chi connectivity index (χ4v) is 5.71. The maximum Gasteiger partial charge on any atom is 0.350 e. The molecule has 3 heterocycles. The van der Waals surface area contributed by atoms with E-state index in [4.69, 9.17) is 10.5 Å². The number of aromatic nitrogens is 2. The van der Waals surface area contributed by atoms with Crippen LogP contribution in [0.15, 0.2) is 24.4 Å². The number of pyridine rings is 1. The maximum atomic E-state index is 12.5. The summed E-state index contributed by atoms with van der Waals surface area (Å²) in [5.41, 5.74) is 8.02. The summed E-state index contributed by atoms with van der Waals surface area (Å²) in [5.74, 6) is -1.72. The summed E-state index contributed by atoms with van der Waals surface area (Å²) in [6.45, 7) is 1.23. The highest BCUT2D eigenvalue weighted by atomic mass is 32.1. The van der Waals surface area contributed by atoms with Gasteiger partial charge in [-0.25, -0.2) is 9.78 Å². The Labute approximate surface area is 186 Å². The first-order chi connectivity index (χ1) is 14.9. The highest BCUT2D eigenvalue weighted by molar-refractivity contribution is 7.17. The summed E-state index contributed by atoms with van der Waals surface area (Å²) in [7, 11) is 0. The van der Waals surface area contributed by atoms with E-state index in [1.807, 2.05) is 6.07 Å². The van der Waals surface area contributed by atoms with Crippen LogP contribution in [0.1, 0.15) is 49.0 Å². The third kappa shape index (κ3) is 4.49. The lowest BCUT2D eigenvalue weighted by Gasteiger charge is -2.11. The normalized spacial score (nSPS) is 12.8. The largest absolute Gasteiger partial charge is 0.451 e. The summed E-state index contributed by atoms with van der Waals surface area (Å²) in [6.07, 6.45) is 5.33. The molecule has 0 aromatic carbocycles. The van der Waals surface area contributed by atoms with Crippen LogP contribution in [0.5, 0.6) is 0 Å². The Morgan fingerprint density at radius 1 is 1.19 bits per heavy atom. The molecule has 0 aliphatic heterocycles. The van der Waals surface area contributed by atoms with Crippen molar-refractivity contribution in [2.45, 2.75) is 32.6 Å². The molecule has 0 saturated carbocycles. The number of rotatable bonds is 6. The number of hydrogen-bond donors (Lipinski definition) is 2. The molecule has 3 N–H and O–H groups in total. The van der Waals surface area contributed by atoms with E-state index in [0.29, 0.717) is 31.8 Å².